The van der Waals surface area contributed by atoms with Crippen LogP contribution in [0.3, 0.4) is 0 Å². The van der Waals surface area contributed by atoms with Crippen molar-refractivity contribution >= 4 is 15.7 Å². The molecular formula is C13H20N2O2S. The molecular weight excluding hydrogens is 248 g/mol. The minimum atomic E-state index is -3.43. The van der Waals surface area contributed by atoms with Crippen LogP contribution in [-0.2, 0) is 10.0 Å². The number of hydrogen-bond acceptors (Lipinski definition) is 3. The molecule has 100 valence electrons. The highest BCUT2D eigenvalue weighted by atomic mass is 32.2. The molecule has 0 radical (unpaired) electrons. The van der Waals surface area contributed by atoms with E-state index in [1.165, 1.54) is 12.5 Å². The molecule has 0 heterocycles. The van der Waals surface area contributed by atoms with Crippen molar-refractivity contribution in [2.45, 2.75) is 50.0 Å². The van der Waals surface area contributed by atoms with E-state index in [9.17, 15) is 8.42 Å². The van der Waals surface area contributed by atoms with Crippen LogP contribution in [0.15, 0.2) is 23.1 Å². The first-order valence-corrected chi connectivity index (χ1v) is 7.85. The lowest BCUT2D eigenvalue weighted by Crippen LogP contribution is -2.36. The van der Waals surface area contributed by atoms with Crippen LogP contribution in [-0.4, -0.2) is 14.5 Å². The third kappa shape index (κ3) is 3.23. The maximum absolute atomic E-state index is 12.2. The summed E-state index contributed by atoms with van der Waals surface area (Å²) in [5, 5.41) is 0. The van der Waals surface area contributed by atoms with E-state index in [-0.39, 0.29) is 10.9 Å². The van der Waals surface area contributed by atoms with Gasteiger partial charge >= 0.3 is 0 Å². The van der Waals surface area contributed by atoms with Crippen molar-refractivity contribution in [2.75, 3.05) is 5.73 Å². The normalized spacial score (nSPS) is 17.8. The summed E-state index contributed by atoms with van der Waals surface area (Å²) in [6, 6.07) is 5.00. The zero-order chi connectivity index (χ0) is 13.2. The van der Waals surface area contributed by atoms with Crippen molar-refractivity contribution in [1.29, 1.82) is 0 Å². The molecule has 1 aromatic rings. The summed E-state index contributed by atoms with van der Waals surface area (Å²) in [6.07, 6.45) is 5.27. The summed E-state index contributed by atoms with van der Waals surface area (Å²) >= 11 is 0. The monoisotopic (exact) mass is 268 g/mol. The summed E-state index contributed by atoms with van der Waals surface area (Å²) in [4.78, 5) is 0.269. The highest BCUT2D eigenvalue weighted by Gasteiger charge is 2.22. The Morgan fingerprint density at radius 1 is 1.17 bits per heavy atom. The largest absolute Gasteiger partial charge is 0.399 e. The maximum Gasteiger partial charge on any atom is 0.240 e. The first-order valence-electron chi connectivity index (χ1n) is 6.37. The van der Waals surface area contributed by atoms with Gasteiger partial charge in [0.05, 0.1) is 4.90 Å². The minimum absolute atomic E-state index is 0.0745. The van der Waals surface area contributed by atoms with Crippen LogP contribution >= 0.6 is 0 Å². The Bertz CT molecular complexity index is 500. The lowest BCUT2D eigenvalue weighted by molar-refractivity contribution is 0.412. The number of nitrogens with two attached hydrogens (primary N) is 1. The second kappa shape index (κ2) is 5.28. The van der Waals surface area contributed by atoms with Crippen LogP contribution in [0.4, 0.5) is 5.69 Å². The Hall–Kier alpha value is -1.07. The van der Waals surface area contributed by atoms with Crippen LogP contribution in [0.1, 0.15) is 37.7 Å². The van der Waals surface area contributed by atoms with Crippen LogP contribution in [0.25, 0.3) is 0 Å². The SMILES string of the molecule is Cc1cc(N)cc(S(=O)(=O)NC2CCCCC2)c1. The van der Waals surface area contributed by atoms with E-state index in [1.54, 1.807) is 12.1 Å². The molecule has 0 spiro atoms. The molecule has 1 aromatic carbocycles. The van der Waals surface area contributed by atoms with E-state index in [0.29, 0.717) is 5.69 Å². The number of anilines is 1. The molecule has 18 heavy (non-hydrogen) atoms. The smallest absolute Gasteiger partial charge is 0.240 e. The molecule has 5 heteroatoms. The molecule has 4 nitrogen and oxygen atoms in total. The molecule has 0 aliphatic heterocycles. The van der Waals surface area contributed by atoms with Gasteiger partial charge in [0.2, 0.25) is 10.0 Å². The maximum atomic E-state index is 12.2. The summed E-state index contributed by atoms with van der Waals surface area (Å²) in [5.74, 6) is 0. The molecule has 2 rings (SSSR count). The number of hydrogen-bond donors (Lipinski definition) is 2. The van der Waals surface area contributed by atoms with Gasteiger partial charge in [-0.15, -0.1) is 0 Å². The molecule has 0 aromatic heterocycles. The number of rotatable bonds is 3. The quantitative estimate of drug-likeness (QED) is 0.825. The van der Waals surface area contributed by atoms with Crippen molar-refractivity contribution in [3.8, 4) is 0 Å². The topological polar surface area (TPSA) is 72.2 Å². The number of sulfonamides is 1. The Morgan fingerprint density at radius 3 is 2.44 bits per heavy atom. The fourth-order valence-electron chi connectivity index (χ4n) is 2.44. The van der Waals surface area contributed by atoms with E-state index in [0.717, 1.165) is 31.2 Å². The van der Waals surface area contributed by atoms with Gasteiger partial charge in [-0.1, -0.05) is 19.3 Å². The molecule has 1 fully saturated rings. The fraction of sp³-hybridized carbons (Fsp3) is 0.538. The van der Waals surface area contributed by atoms with E-state index < -0.39 is 10.0 Å². The van der Waals surface area contributed by atoms with Crippen molar-refractivity contribution in [3.63, 3.8) is 0 Å². The van der Waals surface area contributed by atoms with E-state index in [2.05, 4.69) is 4.72 Å². The van der Waals surface area contributed by atoms with Gasteiger partial charge < -0.3 is 5.73 Å². The van der Waals surface area contributed by atoms with Gasteiger partial charge in [-0.2, -0.15) is 0 Å². The second-order valence-electron chi connectivity index (χ2n) is 5.04. The van der Waals surface area contributed by atoms with Crippen molar-refractivity contribution < 1.29 is 8.42 Å². The van der Waals surface area contributed by atoms with Crippen LogP contribution < -0.4 is 10.5 Å². The van der Waals surface area contributed by atoms with Gasteiger partial charge in [0.15, 0.2) is 0 Å². The summed E-state index contributed by atoms with van der Waals surface area (Å²) in [6.45, 7) is 1.84. The van der Waals surface area contributed by atoms with Gasteiger partial charge in [0.25, 0.3) is 0 Å². The standard InChI is InChI=1S/C13H20N2O2S/c1-10-7-11(14)9-13(8-10)18(16,17)15-12-5-3-2-4-6-12/h7-9,12,15H,2-6,14H2,1H3. The van der Waals surface area contributed by atoms with Crippen molar-refractivity contribution in [3.05, 3.63) is 23.8 Å². The van der Waals surface area contributed by atoms with Gasteiger partial charge in [-0.25, -0.2) is 13.1 Å². The predicted octanol–water partition coefficient (Wildman–Crippen LogP) is 2.19. The molecule has 0 atom stereocenters. The fourth-order valence-corrected chi connectivity index (χ4v) is 3.88. The van der Waals surface area contributed by atoms with E-state index >= 15 is 0 Å². The second-order valence-corrected chi connectivity index (χ2v) is 6.75. The Balaban J connectivity index is 2.19. The zero-order valence-electron chi connectivity index (χ0n) is 10.6. The van der Waals surface area contributed by atoms with Gasteiger partial charge in [-0.05, 0) is 43.5 Å². The molecule has 1 saturated carbocycles. The first-order chi connectivity index (χ1) is 8.47. The highest BCUT2D eigenvalue weighted by molar-refractivity contribution is 7.89. The lowest BCUT2D eigenvalue weighted by atomic mass is 9.96. The molecule has 0 amide bonds. The third-order valence-corrected chi connectivity index (χ3v) is 4.81. The molecule has 3 N–H and O–H groups in total. The minimum Gasteiger partial charge on any atom is -0.399 e. The van der Waals surface area contributed by atoms with Crippen molar-refractivity contribution in [1.82, 2.24) is 4.72 Å². The summed E-state index contributed by atoms with van der Waals surface area (Å²) in [7, 11) is -3.43. The van der Waals surface area contributed by atoms with Crippen LogP contribution in [0, 0.1) is 6.92 Å². The molecule has 0 unspecified atom stereocenters. The number of benzene rings is 1. The first kappa shape index (κ1) is 13.4. The number of aryl methyl sites for hydroxylation is 1. The zero-order valence-corrected chi connectivity index (χ0v) is 11.5. The molecule has 1 aliphatic rings. The summed E-state index contributed by atoms with van der Waals surface area (Å²) in [5.41, 5.74) is 7.04. The number of nitrogen functional groups attached to an aromatic ring is 1. The van der Waals surface area contributed by atoms with Gasteiger partial charge in [0, 0.05) is 11.7 Å². The van der Waals surface area contributed by atoms with Crippen LogP contribution in [0.2, 0.25) is 0 Å². The van der Waals surface area contributed by atoms with Gasteiger partial charge in [-0.3, -0.25) is 0 Å². The molecule has 1 aliphatic carbocycles. The Morgan fingerprint density at radius 2 is 1.83 bits per heavy atom. The molecule has 0 bridgehead atoms. The van der Waals surface area contributed by atoms with Crippen LogP contribution in [0.5, 0.6) is 0 Å². The number of nitrogens with one attached hydrogen (secondary N) is 1. The average Bonchev–Trinajstić information content (AvgIpc) is 2.28. The van der Waals surface area contributed by atoms with Crippen molar-refractivity contribution in [2.24, 2.45) is 0 Å². The average molecular weight is 268 g/mol. The van der Waals surface area contributed by atoms with E-state index in [4.69, 9.17) is 5.73 Å². The highest BCUT2D eigenvalue weighted by Crippen LogP contribution is 2.21. The predicted molar refractivity (Wildman–Crippen MR) is 72.8 cm³/mol. The molecule has 0 saturated heterocycles. The lowest BCUT2D eigenvalue weighted by Gasteiger charge is -2.22. The third-order valence-electron chi connectivity index (χ3n) is 3.31. The van der Waals surface area contributed by atoms with E-state index in [1.807, 2.05) is 6.92 Å². The van der Waals surface area contributed by atoms with Gasteiger partial charge in [0.1, 0.15) is 0 Å². The Kier molecular flexibility index (Phi) is 3.92. The summed E-state index contributed by atoms with van der Waals surface area (Å²) < 4.78 is 27.3. The Labute approximate surface area is 109 Å².